The van der Waals surface area contributed by atoms with Crippen molar-refractivity contribution in [3.63, 3.8) is 0 Å². The lowest BCUT2D eigenvalue weighted by Crippen LogP contribution is -2.25. The smallest absolute Gasteiger partial charge is 0.238 e. The average molecular weight is 394 g/mol. The lowest BCUT2D eigenvalue weighted by atomic mass is 10.1. The Morgan fingerprint density at radius 3 is 2.54 bits per heavy atom. The number of ether oxygens (including phenoxy) is 1. The van der Waals surface area contributed by atoms with Crippen LogP contribution in [0.15, 0.2) is 65.7 Å². The Bertz CT molecular complexity index is 948. The van der Waals surface area contributed by atoms with Crippen LogP contribution in [0.4, 0.5) is 5.69 Å². The highest BCUT2D eigenvalue weighted by Gasteiger charge is 2.20. The number of carbonyl (C=O) groups excluding carboxylic acids is 1. The van der Waals surface area contributed by atoms with E-state index in [2.05, 4.69) is 15.3 Å². The predicted octanol–water partition coefficient (Wildman–Crippen LogP) is 4.97. The van der Waals surface area contributed by atoms with E-state index in [1.807, 2.05) is 74.5 Å². The van der Waals surface area contributed by atoms with Gasteiger partial charge in [-0.05, 0) is 31.5 Å². The second-order valence-electron chi connectivity index (χ2n) is 6.21. The molecule has 0 aliphatic heterocycles. The number of carbonyl (C=O) groups is 1. The number of methoxy groups -OCH3 is 1. The monoisotopic (exact) mass is 393 g/mol. The van der Waals surface area contributed by atoms with Crippen LogP contribution in [0.25, 0.3) is 11.3 Å². The quantitative estimate of drug-likeness (QED) is 0.453. The fraction of sp³-hybridized carbons (Fsp3) is 0.227. The summed E-state index contributed by atoms with van der Waals surface area (Å²) in [5, 5.41) is 3.48. The summed E-state index contributed by atoms with van der Waals surface area (Å²) >= 11 is 1.45. The molecule has 3 aromatic rings. The molecule has 6 heteroatoms. The summed E-state index contributed by atoms with van der Waals surface area (Å²) in [5.41, 5.74) is 2.55. The van der Waals surface area contributed by atoms with Crippen LogP contribution in [0.2, 0.25) is 0 Å². The number of aryl methyl sites for hydroxylation is 1. The number of aromatic nitrogens is 2. The molecule has 0 radical (unpaired) electrons. The summed E-state index contributed by atoms with van der Waals surface area (Å²) in [5.74, 6) is 1.25. The molecular weight excluding hydrogens is 370 g/mol. The number of thioether (sulfide) groups is 1. The summed E-state index contributed by atoms with van der Waals surface area (Å²) in [4.78, 5) is 21.9. The molecule has 3 rings (SSSR count). The summed E-state index contributed by atoms with van der Waals surface area (Å²) in [6.45, 7) is 3.86. The topological polar surface area (TPSA) is 64.1 Å². The number of nitrogens with zero attached hydrogens (tertiary/aromatic N) is 2. The minimum Gasteiger partial charge on any atom is -0.495 e. The van der Waals surface area contributed by atoms with Crippen molar-refractivity contribution >= 4 is 23.4 Å². The van der Waals surface area contributed by atoms with Crippen LogP contribution >= 0.6 is 11.8 Å². The fourth-order valence-electron chi connectivity index (χ4n) is 2.79. The van der Waals surface area contributed by atoms with Crippen LogP contribution in [0.5, 0.6) is 5.75 Å². The molecule has 0 aliphatic rings. The van der Waals surface area contributed by atoms with E-state index < -0.39 is 0 Å². The highest BCUT2D eigenvalue weighted by molar-refractivity contribution is 8.00. The number of para-hydroxylation sites is 2. The first kappa shape index (κ1) is 19.9. The van der Waals surface area contributed by atoms with Gasteiger partial charge in [0.05, 0.1) is 23.7 Å². The van der Waals surface area contributed by atoms with Crippen LogP contribution in [-0.4, -0.2) is 28.2 Å². The Hall–Kier alpha value is -2.86. The van der Waals surface area contributed by atoms with Gasteiger partial charge in [-0.25, -0.2) is 9.97 Å². The molecule has 0 aliphatic carbocycles. The summed E-state index contributed by atoms with van der Waals surface area (Å²) < 4.78 is 5.32. The first-order valence-corrected chi connectivity index (χ1v) is 10.00. The Labute approximate surface area is 169 Å². The molecule has 0 saturated heterocycles. The third kappa shape index (κ3) is 4.89. The molecular formula is C22H23N3O2S. The highest BCUT2D eigenvalue weighted by Crippen LogP contribution is 2.30. The van der Waals surface area contributed by atoms with Gasteiger partial charge in [-0.2, -0.15) is 0 Å². The highest BCUT2D eigenvalue weighted by atomic mass is 32.2. The van der Waals surface area contributed by atoms with Crippen molar-refractivity contribution in [2.45, 2.75) is 30.5 Å². The maximum atomic E-state index is 12.8. The maximum absolute atomic E-state index is 12.8. The Morgan fingerprint density at radius 1 is 1.11 bits per heavy atom. The zero-order valence-corrected chi connectivity index (χ0v) is 17.0. The third-order valence-corrected chi connectivity index (χ3v) is 5.46. The number of rotatable bonds is 7. The summed E-state index contributed by atoms with van der Waals surface area (Å²) in [7, 11) is 1.59. The van der Waals surface area contributed by atoms with Crippen molar-refractivity contribution in [2.24, 2.45) is 0 Å². The molecule has 1 unspecified atom stereocenters. The van der Waals surface area contributed by atoms with Gasteiger partial charge < -0.3 is 10.1 Å². The molecule has 0 spiro atoms. The van der Waals surface area contributed by atoms with Crippen LogP contribution in [0.3, 0.4) is 0 Å². The van der Waals surface area contributed by atoms with E-state index in [0.29, 0.717) is 23.7 Å². The number of benzene rings is 2. The number of nitrogens with one attached hydrogen (secondary N) is 1. The molecule has 144 valence electrons. The summed E-state index contributed by atoms with van der Waals surface area (Å²) in [6, 6.07) is 19.3. The van der Waals surface area contributed by atoms with Gasteiger partial charge in [0.2, 0.25) is 5.91 Å². The lowest BCUT2D eigenvalue weighted by Gasteiger charge is -2.16. The van der Waals surface area contributed by atoms with Crippen LogP contribution < -0.4 is 10.1 Å². The van der Waals surface area contributed by atoms with Gasteiger partial charge in [0, 0.05) is 5.56 Å². The molecule has 0 fully saturated rings. The van der Waals surface area contributed by atoms with Gasteiger partial charge in [0.1, 0.15) is 16.6 Å². The standard InChI is InChI=1S/C22H23N3O2S/c1-4-20(22(26)25-17-12-8-9-13-19(17)27-3)28-21-14-18(23-15(2)24-21)16-10-6-5-7-11-16/h5-14,20H,4H2,1-3H3,(H,25,26). The van der Waals surface area contributed by atoms with Gasteiger partial charge >= 0.3 is 0 Å². The van der Waals surface area contributed by atoms with Gasteiger partial charge in [-0.1, -0.05) is 61.2 Å². The summed E-state index contributed by atoms with van der Waals surface area (Å²) in [6.07, 6.45) is 0.676. The van der Waals surface area contributed by atoms with Gasteiger partial charge in [-0.3, -0.25) is 4.79 Å². The van der Waals surface area contributed by atoms with E-state index in [-0.39, 0.29) is 11.2 Å². The van der Waals surface area contributed by atoms with Crippen LogP contribution in [0.1, 0.15) is 19.2 Å². The second-order valence-corrected chi connectivity index (χ2v) is 7.43. The van der Waals surface area contributed by atoms with Crippen molar-refractivity contribution < 1.29 is 9.53 Å². The molecule has 1 amide bonds. The maximum Gasteiger partial charge on any atom is 0.238 e. The molecule has 1 N–H and O–H groups in total. The van der Waals surface area contributed by atoms with Gasteiger partial charge in [-0.15, -0.1) is 0 Å². The van der Waals surface area contributed by atoms with Crippen LogP contribution in [0, 0.1) is 6.92 Å². The van der Waals surface area contributed by atoms with Crippen molar-refractivity contribution in [2.75, 3.05) is 12.4 Å². The van der Waals surface area contributed by atoms with Crippen molar-refractivity contribution in [1.29, 1.82) is 0 Å². The third-order valence-electron chi connectivity index (χ3n) is 4.18. The van der Waals surface area contributed by atoms with E-state index in [9.17, 15) is 4.79 Å². The fourth-order valence-corrected chi connectivity index (χ4v) is 3.78. The van der Waals surface area contributed by atoms with Gasteiger partial charge in [0.25, 0.3) is 0 Å². The van der Waals surface area contributed by atoms with Crippen molar-refractivity contribution in [3.05, 3.63) is 66.5 Å². The Morgan fingerprint density at radius 2 is 1.82 bits per heavy atom. The lowest BCUT2D eigenvalue weighted by molar-refractivity contribution is -0.115. The average Bonchev–Trinajstić information content (AvgIpc) is 2.72. The predicted molar refractivity (Wildman–Crippen MR) is 114 cm³/mol. The first-order chi connectivity index (χ1) is 13.6. The number of anilines is 1. The molecule has 5 nitrogen and oxygen atoms in total. The molecule has 0 bridgehead atoms. The van der Waals surface area contributed by atoms with E-state index in [1.165, 1.54) is 11.8 Å². The Balaban J connectivity index is 1.79. The largest absolute Gasteiger partial charge is 0.495 e. The van der Waals surface area contributed by atoms with Crippen molar-refractivity contribution in [1.82, 2.24) is 9.97 Å². The zero-order valence-electron chi connectivity index (χ0n) is 16.2. The van der Waals surface area contributed by atoms with E-state index in [4.69, 9.17) is 4.74 Å². The van der Waals surface area contributed by atoms with Crippen molar-refractivity contribution in [3.8, 4) is 17.0 Å². The Kier molecular flexibility index (Phi) is 6.66. The SMILES string of the molecule is CCC(Sc1cc(-c2ccccc2)nc(C)n1)C(=O)Nc1ccccc1OC. The first-order valence-electron chi connectivity index (χ1n) is 9.12. The molecule has 2 aromatic carbocycles. The molecule has 28 heavy (non-hydrogen) atoms. The number of hydrogen-bond acceptors (Lipinski definition) is 5. The van der Waals surface area contributed by atoms with E-state index in [0.717, 1.165) is 16.3 Å². The number of amides is 1. The second kappa shape index (κ2) is 9.37. The minimum atomic E-state index is -0.275. The van der Waals surface area contributed by atoms with Crippen LogP contribution in [-0.2, 0) is 4.79 Å². The van der Waals surface area contributed by atoms with E-state index in [1.54, 1.807) is 7.11 Å². The zero-order chi connectivity index (χ0) is 19.9. The number of hydrogen-bond donors (Lipinski definition) is 1. The molecule has 1 heterocycles. The normalized spacial score (nSPS) is 11.7. The molecule has 1 aromatic heterocycles. The van der Waals surface area contributed by atoms with Gasteiger partial charge in [0.15, 0.2) is 0 Å². The van der Waals surface area contributed by atoms with E-state index >= 15 is 0 Å². The molecule has 0 saturated carbocycles. The minimum absolute atomic E-state index is 0.0745. The molecule has 1 atom stereocenters.